The van der Waals surface area contributed by atoms with Gasteiger partial charge in [0.05, 0.1) is 21.2 Å². The standard InChI is InChI=1S/C13H21NOS/c1-12(2,3)9-10(13(4,5)15)16-11(14-9)8-6-7-8/h8,15H,6-7H2,1-5H3. The van der Waals surface area contributed by atoms with Gasteiger partial charge in [0.15, 0.2) is 0 Å². The Labute approximate surface area is 102 Å². The summed E-state index contributed by atoms with van der Waals surface area (Å²) < 4.78 is 0. The number of hydrogen-bond donors (Lipinski definition) is 1. The van der Waals surface area contributed by atoms with Crippen LogP contribution in [0.2, 0.25) is 0 Å². The third kappa shape index (κ3) is 2.30. The molecule has 1 fully saturated rings. The van der Waals surface area contributed by atoms with Crippen LogP contribution in [0.4, 0.5) is 0 Å². The molecule has 1 aromatic rings. The van der Waals surface area contributed by atoms with Gasteiger partial charge < -0.3 is 5.11 Å². The van der Waals surface area contributed by atoms with E-state index in [-0.39, 0.29) is 5.41 Å². The van der Waals surface area contributed by atoms with E-state index < -0.39 is 5.60 Å². The molecular weight excluding hydrogens is 218 g/mol. The predicted molar refractivity (Wildman–Crippen MR) is 68.0 cm³/mol. The topological polar surface area (TPSA) is 33.1 Å². The highest BCUT2D eigenvalue weighted by molar-refractivity contribution is 7.12. The second-order valence-electron chi connectivity index (χ2n) is 6.31. The van der Waals surface area contributed by atoms with Crippen molar-refractivity contribution in [2.24, 2.45) is 0 Å². The van der Waals surface area contributed by atoms with Crippen molar-refractivity contribution in [1.29, 1.82) is 0 Å². The van der Waals surface area contributed by atoms with Crippen LogP contribution >= 0.6 is 11.3 Å². The molecule has 16 heavy (non-hydrogen) atoms. The van der Waals surface area contributed by atoms with Crippen LogP contribution in [0.15, 0.2) is 0 Å². The van der Waals surface area contributed by atoms with Gasteiger partial charge >= 0.3 is 0 Å². The van der Waals surface area contributed by atoms with E-state index in [1.54, 1.807) is 11.3 Å². The molecule has 0 aromatic carbocycles. The number of aliphatic hydroxyl groups is 1. The van der Waals surface area contributed by atoms with Gasteiger partial charge in [-0.25, -0.2) is 4.98 Å². The van der Waals surface area contributed by atoms with E-state index in [1.807, 2.05) is 13.8 Å². The smallest absolute Gasteiger partial charge is 0.0963 e. The maximum atomic E-state index is 10.2. The Hall–Kier alpha value is -0.410. The van der Waals surface area contributed by atoms with E-state index in [1.165, 1.54) is 17.8 Å². The molecule has 0 bridgehead atoms. The van der Waals surface area contributed by atoms with Gasteiger partial charge in [0.1, 0.15) is 0 Å². The molecule has 2 nitrogen and oxygen atoms in total. The third-order valence-electron chi connectivity index (χ3n) is 2.84. The Morgan fingerprint density at radius 1 is 1.19 bits per heavy atom. The van der Waals surface area contributed by atoms with Crippen LogP contribution in [0.25, 0.3) is 0 Å². The molecule has 0 unspecified atom stereocenters. The van der Waals surface area contributed by atoms with Crippen molar-refractivity contribution >= 4 is 11.3 Å². The Balaban J connectivity index is 2.48. The fourth-order valence-electron chi connectivity index (χ4n) is 1.76. The highest BCUT2D eigenvalue weighted by atomic mass is 32.1. The maximum Gasteiger partial charge on any atom is 0.0963 e. The number of thiazole rings is 1. The monoisotopic (exact) mass is 239 g/mol. The lowest BCUT2D eigenvalue weighted by Crippen LogP contribution is -2.22. The summed E-state index contributed by atoms with van der Waals surface area (Å²) in [4.78, 5) is 5.81. The van der Waals surface area contributed by atoms with Crippen LogP contribution in [-0.4, -0.2) is 10.1 Å². The first-order valence-corrected chi connectivity index (χ1v) is 6.75. The molecule has 1 aromatic heterocycles. The molecule has 0 radical (unpaired) electrons. The fraction of sp³-hybridized carbons (Fsp3) is 0.769. The summed E-state index contributed by atoms with van der Waals surface area (Å²) >= 11 is 1.70. The summed E-state index contributed by atoms with van der Waals surface area (Å²) in [5.74, 6) is 0.669. The molecule has 0 spiro atoms. The zero-order valence-electron chi connectivity index (χ0n) is 10.8. The molecule has 2 rings (SSSR count). The van der Waals surface area contributed by atoms with Crippen LogP contribution in [0, 0.1) is 0 Å². The largest absolute Gasteiger partial charge is 0.385 e. The highest BCUT2D eigenvalue weighted by Crippen LogP contribution is 2.46. The van der Waals surface area contributed by atoms with Gasteiger partial charge in [0, 0.05) is 11.3 Å². The Bertz CT molecular complexity index is 360. The van der Waals surface area contributed by atoms with E-state index in [0.717, 1.165) is 10.6 Å². The first kappa shape index (κ1) is 12.1. The molecule has 1 aliphatic carbocycles. The fourth-order valence-corrected chi connectivity index (χ4v) is 3.21. The number of rotatable bonds is 2. The minimum atomic E-state index is -0.770. The SMILES string of the molecule is CC(C)(C)c1nc(C2CC2)sc1C(C)(C)O. The molecule has 1 saturated carbocycles. The van der Waals surface area contributed by atoms with Crippen LogP contribution < -0.4 is 0 Å². The Morgan fingerprint density at radius 3 is 2.06 bits per heavy atom. The van der Waals surface area contributed by atoms with Gasteiger partial charge in [-0.15, -0.1) is 11.3 Å². The summed E-state index contributed by atoms with van der Waals surface area (Å²) in [5.41, 5.74) is 0.318. The summed E-state index contributed by atoms with van der Waals surface area (Å²) in [6.45, 7) is 10.2. The van der Waals surface area contributed by atoms with Crippen molar-refractivity contribution in [2.45, 2.75) is 64.4 Å². The quantitative estimate of drug-likeness (QED) is 0.856. The molecule has 1 heterocycles. The first-order valence-electron chi connectivity index (χ1n) is 5.93. The molecule has 1 aliphatic rings. The first-order chi connectivity index (χ1) is 7.19. The van der Waals surface area contributed by atoms with Gasteiger partial charge in [-0.3, -0.25) is 0 Å². The van der Waals surface area contributed by atoms with Crippen LogP contribution in [0.1, 0.15) is 69.0 Å². The van der Waals surface area contributed by atoms with Crippen molar-refractivity contribution in [3.05, 3.63) is 15.6 Å². The average Bonchev–Trinajstić information content (AvgIpc) is 2.80. The molecule has 90 valence electrons. The lowest BCUT2D eigenvalue weighted by Gasteiger charge is -2.23. The van der Waals surface area contributed by atoms with Crippen molar-refractivity contribution in [3.8, 4) is 0 Å². The second-order valence-corrected chi connectivity index (χ2v) is 7.34. The Morgan fingerprint density at radius 2 is 1.75 bits per heavy atom. The molecule has 3 heteroatoms. The van der Waals surface area contributed by atoms with Crippen LogP contribution in [0.3, 0.4) is 0 Å². The summed E-state index contributed by atoms with van der Waals surface area (Å²) in [6.07, 6.45) is 2.53. The van der Waals surface area contributed by atoms with Crippen molar-refractivity contribution in [3.63, 3.8) is 0 Å². The predicted octanol–water partition coefficient (Wildman–Crippen LogP) is 3.55. The van der Waals surface area contributed by atoms with Gasteiger partial charge in [0.2, 0.25) is 0 Å². The summed E-state index contributed by atoms with van der Waals surface area (Å²) in [7, 11) is 0. The molecule has 0 aliphatic heterocycles. The number of nitrogens with zero attached hydrogens (tertiary/aromatic N) is 1. The van der Waals surface area contributed by atoms with Gasteiger partial charge in [-0.1, -0.05) is 20.8 Å². The van der Waals surface area contributed by atoms with Crippen molar-refractivity contribution < 1.29 is 5.11 Å². The highest BCUT2D eigenvalue weighted by Gasteiger charge is 2.35. The molecule has 0 amide bonds. The number of hydrogen-bond acceptors (Lipinski definition) is 3. The zero-order valence-corrected chi connectivity index (χ0v) is 11.6. The molecule has 1 N–H and O–H groups in total. The van der Waals surface area contributed by atoms with E-state index in [9.17, 15) is 5.11 Å². The lowest BCUT2D eigenvalue weighted by molar-refractivity contribution is 0.0803. The van der Waals surface area contributed by atoms with E-state index in [4.69, 9.17) is 4.98 Å². The van der Waals surface area contributed by atoms with Gasteiger partial charge in [-0.05, 0) is 26.7 Å². The van der Waals surface area contributed by atoms with Gasteiger partial charge in [0.25, 0.3) is 0 Å². The number of aromatic nitrogens is 1. The Kier molecular flexibility index (Phi) is 2.67. The maximum absolute atomic E-state index is 10.2. The zero-order chi connectivity index (χ0) is 12.1. The van der Waals surface area contributed by atoms with E-state index in [0.29, 0.717) is 5.92 Å². The van der Waals surface area contributed by atoms with Crippen LogP contribution in [0.5, 0.6) is 0 Å². The van der Waals surface area contributed by atoms with Crippen molar-refractivity contribution in [1.82, 2.24) is 4.98 Å². The summed E-state index contributed by atoms with van der Waals surface area (Å²) in [6, 6.07) is 0. The van der Waals surface area contributed by atoms with E-state index >= 15 is 0 Å². The molecule has 0 saturated heterocycles. The lowest BCUT2D eigenvalue weighted by atomic mass is 9.88. The van der Waals surface area contributed by atoms with Crippen LogP contribution in [-0.2, 0) is 11.0 Å². The summed E-state index contributed by atoms with van der Waals surface area (Å²) in [5, 5.41) is 11.4. The average molecular weight is 239 g/mol. The molecule has 0 atom stereocenters. The second kappa shape index (κ2) is 3.54. The normalized spacial score (nSPS) is 17.9. The van der Waals surface area contributed by atoms with E-state index in [2.05, 4.69) is 20.8 Å². The minimum absolute atomic E-state index is 0.0129. The van der Waals surface area contributed by atoms with Gasteiger partial charge in [-0.2, -0.15) is 0 Å². The molecular formula is C13H21NOS. The van der Waals surface area contributed by atoms with Crippen molar-refractivity contribution in [2.75, 3.05) is 0 Å². The third-order valence-corrected chi connectivity index (χ3v) is 4.37. The minimum Gasteiger partial charge on any atom is -0.385 e.